The van der Waals surface area contributed by atoms with E-state index in [4.69, 9.17) is 5.73 Å². The van der Waals surface area contributed by atoms with Crippen LogP contribution in [0.3, 0.4) is 0 Å². The van der Waals surface area contributed by atoms with Crippen LogP contribution in [0.15, 0.2) is 42.5 Å². The van der Waals surface area contributed by atoms with Gasteiger partial charge in [-0.15, -0.1) is 12.4 Å². The van der Waals surface area contributed by atoms with Crippen LogP contribution < -0.4 is 21.7 Å². The van der Waals surface area contributed by atoms with Crippen molar-refractivity contribution in [3.8, 4) is 0 Å². The Morgan fingerprint density at radius 1 is 1.08 bits per heavy atom. The van der Waals surface area contributed by atoms with Gasteiger partial charge in [-0.05, 0) is 56.2 Å². The largest absolute Gasteiger partial charge is 0.399 e. The molecule has 140 valence electrons. The summed E-state index contributed by atoms with van der Waals surface area (Å²) in [6.45, 7) is 6.06. The lowest BCUT2D eigenvalue weighted by Crippen LogP contribution is -2.34. The van der Waals surface area contributed by atoms with E-state index in [1.807, 2.05) is 39.0 Å². The molecule has 6 nitrogen and oxygen atoms in total. The summed E-state index contributed by atoms with van der Waals surface area (Å²) in [4.78, 5) is 23.9. The van der Waals surface area contributed by atoms with Crippen molar-refractivity contribution in [3.63, 3.8) is 0 Å². The second kappa shape index (κ2) is 9.68. The Kier molecular flexibility index (Phi) is 7.93. The fraction of sp³-hybridized carbons (Fsp3) is 0.263. The van der Waals surface area contributed by atoms with Crippen LogP contribution in [-0.2, 0) is 6.54 Å². The molecule has 0 aliphatic heterocycles. The molecule has 5 N–H and O–H groups in total. The molecule has 0 atom stereocenters. The molecule has 0 saturated carbocycles. The summed E-state index contributed by atoms with van der Waals surface area (Å²) in [5.41, 5.74) is 9.38. The van der Waals surface area contributed by atoms with Crippen LogP contribution in [0.5, 0.6) is 0 Å². The summed E-state index contributed by atoms with van der Waals surface area (Å²) in [6, 6.07) is 12.4. The molecule has 0 saturated heterocycles. The monoisotopic (exact) mass is 376 g/mol. The number of urea groups is 1. The van der Waals surface area contributed by atoms with E-state index in [0.29, 0.717) is 23.5 Å². The van der Waals surface area contributed by atoms with Gasteiger partial charge in [0.2, 0.25) is 0 Å². The Morgan fingerprint density at radius 2 is 1.73 bits per heavy atom. The molecular weight excluding hydrogens is 352 g/mol. The molecule has 2 aromatic carbocycles. The number of amides is 3. The van der Waals surface area contributed by atoms with Crippen molar-refractivity contribution in [1.29, 1.82) is 0 Å². The molecular formula is C19H25ClN4O2. The first kappa shape index (κ1) is 21.3. The van der Waals surface area contributed by atoms with E-state index in [0.717, 1.165) is 11.1 Å². The average molecular weight is 377 g/mol. The van der Waals surface area contributed by atoms with Crippen LogP contribution in [0.2, 0.25) is 0 Å². The van der Waals surface area contributed by atoms with Gasteiger partial charge in [0.05, 0.1) is 0 Å². The third-order valence-electron chi connectivity index (χ3n) is 3.59. The first-order valence-corrected chi connectivity index (χ1v) is 8.16. The van der Waals surface area contributed by atoms with Crippen LogP contribution in [0.25, 0.3) is 0 Å². The molecule has 2 rings (SSSR count). The van der Waals surface area contributed by atoms with E-state index in [-0.39, 0.29) is 30.4 Å². The van der Waals surface area contributed by atoms with Crippen molar-refractivity contribution in [2.45, 2.75) is 33.4 Å². The number of nitrogen functional groups attached to an aromatic ring is 1. The van der Waals surface area contributed by atoms with Gasteiger partial charge in [-0.25, -0.2) is 4.79 Å². The standard InChI is InChI=1S/C19H24N4O2.ClH/c1-12(2)22-19(25)23-16-8-5-14(6-9-16)11-21-18(24)17-10-15(20)7-4-13(17)3;/h4-10,12H,11,20H2,1-3H3,(H,21,24)(H2,22,23,25);1H. The van der Waals surface area contributed by atoms with Gasteiger partial charge in [0.15, 0.2) is 0 Å². The van der Waals surface area contributed by atoms with Gasteiger partial charge in [-0.2, -0.15) is 0 Å². The van der Waals surface area contributed by atoms with Gasteiger partial charge < -0.3 is 21.7 Å². The van der Waals surface area contributed by atoms with Gasteiger partial charge in [0, 0.05) is 29.5 Å². The highest BCUT2D eigenvalue weighted by Gasteiger charge is 2.09. The minimum Gasteiger partial charge on any atom is -0.399 e. The molecule has 0 fully saturated rings. The van der Waals surface area contributed by atoms with E-state index in [1.165, 1.54) is 0 Å². The number of nitrogens with two attached hydrogens (primary N) is 1. The van der Waals surface area contributed by atoms with Gasteiger partial charge in [0.1, 0.15) is 0 Å². The van der Waals surface area contributed by atoms with Crippen molar-refractivity contribution < 1.29 is 9.59 Å². The van der Waals surface area contributed by atoms with E-state index >= 15 is 0 Å². The highest BCUT2D eigenvalue weighted by Crippen LogP contribution is 2.13. The van der Waals surface area contributed by atoms with Crippen LogP contribution in [-0.4, -0.2) is 18.0 Å². The lowest BCUT2D eigenvalue weighted by Gasteiger charge is -2.11. The maximum atomic E-state index is 12.3. The Balaban J connectivity index is 0.00000338. The number of benzene rings is 2. The SMILES string of the molecule is Cc1ccc(N)cc1C(=O)NCc1ccc(NC(=O)NC(C)C)cc1.Cl. The smallest absolute Gasteiger partial charge is 0.319 e. The molecule has 0 spiro atoms. The van der Waals surface area contributed by atoms with Gasteiger partial charge in [-0.1, -0.05) is 18.2 Å². The minimum atomic E-state index is -0.242. The van der Waals surface area contributed by atoms with E-state index in [1.54, 1.807) is 24.3 Å². The number of anilines is 2. The number of aryl methyl sites for hydroxylation is 1. The summed E-state index contributed by atoms with van der Waals surface area (Å²) in [5, 5.41) is 8.39. The quantitative estimate of drug-likeness (QED) is 0.601. The van der Waals surface area contributed by atoms with Crippen LogP contribution >= 0.6 is 12.4 Å². The molecule has 0 aromatic heterocycles. The van der Waals surface area contributed by atoms with E-state index in [9.17, 15) is 9.59 Å². The normalized spacial score (nSPS) is 10.0. The molecule has 0 heterocycles. The predicted molar refractivity (Wildman–Crippen MR) is 108 cm³/mol. The summed E-state index contributed by atoms with van der Waals surface area (Å²) < 4.78 is 0. The first-order chi connectivity index (χ1) is 11.8. The van der Waals surface area contributed by atoms with Crippen molar-refractivity contribution in [2.75, 3.05) is 11.1 Å². The van der Waals surface area contributed by atoms with Crippen molar-refractivity contribution in [1.82, 2.24) is 10.6 Å². The summed E-state index contributed by atoms with van der Waals surface area (Å²) in [5.74, 6) is -0.164. The fourth-order valence-corrected chi connectivity index (χ4v) is 2.30. The number of nitrogens with one attached hydrogen (secondary N) is 3. The lowest BCUT2D eigenvalue weighted by molar-refractivity contribution is 0.0950. The van der Waals surface area contributed by atoms with Gasteiger partial charge in [0.25, 0.3) is 5.91 Å². The molecule has 0 aliphatic rings. The molecule has 2 aromatic rings. The molecule has 3 amide bonds. The Hall–Kier alpha value is -2.73. The predicted octanol–water partition coefficient (Wildman–Crippen LogP) is 3.46. The van der Waals surface area contributed by atoms with Crippen molar-refractivity contribution in [3.05, 3.63) is 59.2 Å². The Morgan fingerprint density at radius 3 is 2.35 bits per heavy atom. The number of hydrogen-bond acceptors (Lipinski definition) is 3. The van der Waals surface area contributed by atoms with Crippen LogP contribution in [0.4, 0.5) is 16.2 Å². The van der Waals surface area contributed by atoms with Gasteiger partial charge >= 0.3 is 6.03 Å². The third kappa shape index (κ3) is 6.29. The second-order valence-electron chi connectivity index (χ2n) is 6.21. The first-order valence-electron chi connectivity index (χ1n) is 8.16. The highest BCUT2D eigenvalue weighted by atomic mass is 35.5. The summed E-state index contributed by atoms with van der Waals surface area (Å²) >= 11 is 0. The molecule has 0 radical (unpaired) electrons. The van der Waals surface area contributed by atoms with E-state index in [2.05, 4.69) is 16.0 Å². The number of carbonyl (C=O) groups is 2. The summed E-state index contributed by atoms with van der Waals surface area (Å²) in [6.07, 6.45) is 0. The summed E-state index contributed by atoms with van der Waals surface area (Å²) in [7, 11) is 0. The molecule has 0 bridgehead atoms. The number of carbonyl (C=O) groups excluding carboxylic acids is 2. The zero-order valence-corrected chi connectivity index (χ0v) is 15.9. The lowest BCUT2D eigenvalue weighted by atomic mass is 10.1. The van der Waals surface area contributed by atoms with Gasteiger partial charge in [-0.3, -0.25) is 4.79 Å². The molecule has 0 unspecified atom stereocenters. The van der Waals surface area contributed by atoms with Crippen molar-refractivity contribution >= 4 is 35.7 Å². The zero-order valence-electron chi connectivity index (χ0n) is 15.1. The number of hydrogen-bond donors (Lipinski definition) is 4. The maximum absolute atomic E-state index is 12.3. The molecule has 0 aliphatic carbocycles. The minimum absolute atomic E-state index is 0. The topological polar surface area (TPSA) is 96.2 Å². The third-order valence-corrected chi connectivity index (χ3v) is 3.59. The van der Waals surface area contributed by atoms with Crippen LogP contribution in [0, 0.1) is 6.92 Å². The fourth-order valence-electron chi connectivity index (χ4n) is 2.30. The zero-order chi connectivity index (χ0) is 18.4. The molecule has 7 heteroatoms. The number of rotatable bonds is 5. The molecule has 26 heavy (non-hydrogen) atoms. The highest BCUT2D eigenvalue weighted by molar-refractivity contribution is 5.96. The maximum Gasteiger partial charge on any atom is 0.319 e. The average Bonchev–Trinajstić information content (AvgIpc) is 2.55. The van der Waals surface area contributed by atoms with E-state index < -0.39 is 0 Å². The van der Waals surface area contributed by atoms with Crippen molar-refractivity contribution in [2.24, 2.45) is 0 Å². The Bertz CT molecular complexity index is 761. The Labute approximate surface area is 160 Å². The van der Waals surface area contributed by atoms with Crippen LogP contribution in [0.1, 0.15) is 35.3 Å². The second-order valence-corrected chi connectivity index (χ2v) is 6.21. The number of halogens is 1.